The molecule has 4 aromatic heterocycles. The normalized spacial score (nSPS) is 14.2. The molecule has 0 aliphatic carbocycles. The van der Waals surface area contributed by atoms with Crippen LogP contribution < -0.4 is 21.1 Å². The maximum Gasteiger partial charge on any atom is 0.416 e. The Morgan fingerprint density at radius 1 is 1.14 bits per heavy atom. The zero-order valence-electron chi connectivity index (χ0n) is 22.3. The third kappa shape index (κ3) is 5.07. The molecule has 42 heavy (non-hydrogen) atoms. The van der Waals surface area contributed by atoms with Crippen LogP contribution in [-0.2, 0) is 23.9 Å². The molecule has 15 heteroatoms. The molecular weight excluding hydrogens is 575 g/mol. The van der Waals surface area contributed by atoms with E-state index in [1.54, 1.807) is 27.5 Å². The van der Waals surface area contributed by atoms with Crippen molar-refractivity contribution in [1.29, 1.82) is 0 Å². The number of hydrogen-bond acceptors (Lipinski definition) is 7. The van der Waals surface area contributed by atoms with Gasteiger partial charge < -0.3 is 20.1 Å². The molecule has 1 aromatic carbocycles. The van der Waals surface area contributed by atoms with Crippen LogP contribution >= 0.6 is 11.6 Å². The van der Waals surface area contributed by atoms with E-state index in [2.05, 4.69) is 25.8 Å². The van der Waals surface area contributed by atoms with Crippen molar-refractivity contribution in [2.75, 3.05) is 36.4 Å². The number of alkyl halides is 3. The van der Waals surface area contributed by atoms with Crippen LogP contribution in [0.2, 0.25) is 5.02 Å². The molecule has 6 rings (SSSR count). The van der Waals surface area contributed by atoms with Crippen molar-refractivity contribution in [3.05, 3.63) is 75.4 Å². The van der Waals surface area contributed by atoms with E-state index in [4.69, 9.17) is 11.6 Å². The molecule has 1 amide bonds. The van der Waals surface area contributed by atoms with E-state index in [1.807, 2.05) is 24.0 Å². The van der Waals surface area contributed by atoms with E-state index < -0.39 is 17.6 Å². The number of rotatable bonds is 6. The summed E-state index contributed by atoms with van der Waals surface area (Å²) in [4.78, 5) is 33.8. The van der Waals surface area contributed by atoms with Crippen molar-refractivity contribution in [2.45, 2.75) is 26.1 Å². The quantitative estimate of drug-likeness (QED) is 0.307. The fourth-order valence-electron chi connectivity index (χ4n) is 5.13. The monoisotopic (exact) mass is 599 g/mol. The van der Waals surface area contributed by atoms with Gasteiger partial charge >= 0.3 is 6.18 Å². The Balaban J connectivity index is 1.44. The van der Waals surface area contributed by atoms with Gasteiger partial charge in [-0.2, -0.15) is 27.8 Å². The molecule has 2 N–H and O–H groups in total. The summed E-state index contributed by atoms with van der Waals surface area (Å²) >= 11 is 6.08. The first kappa shape index (κ1) is 27.7. The Labute approximate surface area is 241 Å². The van der Waals surface area contributed by atoms with Gasteiger partial charge in [0.25, 0.3) is 5.56 Å². The molecule has 0 bridgehead atoms. The number of hydrogen-bond donors (Lipinski definition) is 2. The first-order valence-corrected chi connectivity index (χ1v) is 13.6. The summed E-state index contributed by atoms with van der Waals surface area (Å²) in [6.07, 6.45) is -0.747. The Morgan fingerprint density at radius 3 is 2.64 bits per heavy atom. The van der Waals surface area contributed by atoms with Crippen LogP contribution in [0.5, 0.6) is 0 Å². The molecule has 5 aromatic rings. The molecule has 1 aliphatic heterocycles. The summed E-state index contributed by atoms with van der Waals surface area (Å²) in [5, 5.41) is 14.4. The summed E-state index contributed by atoms with van der Waals surface area (Å²) in [5.41, 5.74) is 1.23. The smallest absolute Gasteiger partial charge is 0.363 e. The number of carbonyl (C=O) groups is 1. The topological polar surface area (TPSA) is 114 Å². The second-order valence-electron chi connectivity index (χ2n) is 9.78. The lowest BCUT2D eigenvalue weighted by molar-refractivity contribution is -0.137. The standard InChI is InChI=1S/C27H25ClF3N9O2/c1-2-21-23(37-11-8-32-9-12-37)25(42)40-26(35-24(36-40)16-6-10-39-18(13-16)5-7-33-39)38(21)15-22(41)34-20-4-3-17(14-19(20)28)27(29,30)31/h3-7,10,13-14,32H,2,8-9,11-12,15H2,1H3,(H,34,41). The molecule has 0 unspecified atom stereocenters. The number of aromatic nitrogens is 6. The van der Waals surface area contributed by atoms with Crippen molar-refractivity contribution in [1.82, 2.24) is 34.1 Å². The van der Waals surface area contributed by atoms with Crippen LogP contribution in [0.1, 0.15) is 18.2 Å². The van der Waals surface area contributed by atoms with E-state index in [-0.39, 0.29) is 34.4 Å². The van der Waals surface area contributed by atoms with Crippen LogP contribution in [0.15, 0.2) is 53.6 Å². The SMILES string of the molecule is CCc1c(N2CCNCC2)c(=O)n2nc(-c3ccn4nccc4c3)nc2n1CC(=O)Nc1ccc(C(F)(F)F)cc1Cl. The highest BCUT2D eigenvalue weighted by Crippen LogP contribution is 2.34. The first-order chi connectivity index (χ1) is 20.1. The van der Waals surface area contributed by atoms with Crippen molar-refractivity contribution in [2.24, 2.45) is 0 Å². The number of amides is 1. The molecule has 0 atom stereocenters. The largest absolute Gasteiger partial charge is 0.416 e. The molecule has 0 spiro atoms. The van der Waals surface area contributed by atoms with Crippen LogP contribution in [-0.4, -0.2) is 60.9 Å². The number of piperazine rings is 1. The number of carbonyl (C=O) groups excluding carboxylic acids is 1. The fourth-order valence-corrected chi connectivity index (χ4v) is 5.35. The minimum atomic E-state index is -4.57. The van der Waals surface area contributed by atoms with Gasteiger partial charge in [-0.15, -0.1) is 5.10 Å². The number of nitrogens with one attached hydrogen (secondary N) is 2. The van der Waals surface area contributed by atoms with E-state index >= 15 is 0 Å². The van der Waals surface area contributed by atoms with Crippen molar-refractivity contribution in [3.63, 3.8) is 0 Å². The summed E-state index contributed by atoms with van der Waals surface area (Å²) in [6.45, 7) is 4.12. The molecule has 0 saturated carbocycles. The highest BCUT2D eigenvalue weighted by Gasteiger charge is 2.31. The fraction of sp³-hybridized carbons (Fsp3) is 0.296. The van der Waals surface area contributed by atoms with Gasteiger partial charge in [-0.1, -0.05) is 18.5 Å². The number of halogens is 4. The zero-order valence-corrected chi connectivity index (χ0v) is 23.1. The van der Waals surface area contributed by atoms with Crippen LogP contribution in [0.25, 0.3) is 22.7 Å². The summed E-state index contributed by atoms with van der Waals surface area (Å²) < 4.78 is 43.8. The zero-order chi connectivity index (χ0) is 29.6. The lowest BCUT2D eigenvalue weighted by Gasteiger charge is -2.31. The number of anilines is 2. The molecule has 11 nitrogen and oxygen atoms in total. The number of nitrogens with zero attached hydrogens (tertiary/aromatic N) is 7. The van der Waals surface area contributed by atoms with Gasteiger partial charge in [-0.25, -0.2) is 4.52 Å². The number of pyridine rings is 1. The highest BCUT2D eigenvalue weighted by molar-refractivity contribution is 6.33. The van der Waals surface area contributed by atoms with Crippen molar-refractivity contribution < 1.29 is 18.0 Å². The second kappa shape index (κ2) is 10.8. The van der Waals surface area contributed by atoms with Crippen molar-refractivity contribution in [3.8, 4) is 11.4 Å². The predicted octanol–water partition coefficient (Wildman–Crippen LogP) is 3.49. The molecule has 1 aliphatic rings. The summed E-state index contributed by atoms with van der Waals surface area (Å²) in [6, 6.07) is 8.17. The maximum atomic E-state index is 13.9. The predicted molar refractivity (Wildman–Crippen MR) is 151 cm³/mol. The van der Waals surface area contributed by atoms with E-state index in [0.717, 1.165) is 23.7 Å². The Kier molecular flexibility index (Phi) is 7.10. The van der Waals surface area contributed by atoms with Gasteiger partial charge in [0.1, 0.15) is 12.2 Å². The van der Waals surface area contributed by atoms with Gasteiger partial charge in [-0.05, 0) is 42.8 Å². The van der Waals surface area contributed by atoms with E-state index in [0.29, 0.717) is 49.5 Å². The van der Waals surface area contributed by atoms with Gasteiger partial charge in [-0.3, -0.25) is 9.59 Å². The van der Waals surface area contributed by atoms with Gasteiger partial charge in [0, 0.05) is 44.1 Å². The molecule has 1 fully saturated rings. The highest BCUT2D eigenvalue weighted by atomic mass is 35.5. The molecule has 1 saturated heterocycles. The number of fused-ring (bicyclic) bond motifs is 2. The van der Waals surface area contributed by atoms with Gasteiger partial charge in [0.05, 0.1) is 27.5 Å². The van der Waals surface area contributed by atoms with E-state index in [1.165, 1.54) is 4.52 Å². The third-order valence-electron chi connectivity index (χ3n) is 7.12. The lowest BCUT2D eigenvalue weighted by Crippen LogP contribution is -2.47. The molecule has 5 heterocycles. The molecule has 0 radical (unpaired) electrons. The average Bonchev–Trinajstić information content (AvgIpc) is 3.63. The summed E-state index contributed by atoms with van der Waals surface area (Å²) in [7, 11) is 0. The van der Waals surface area contributed by atoms with Gasteiger partial charge in [0.15, 0.2) is 5.82 Å². The average molecular weight is 600 g/mol. The minimum absolute atomic E-state index is 0.0309. The Morgan fingerprint density at radius 2 is 1.93 bits per heavy atom. The van der Waals surface area contributed by atoms with E-state index in [9.17, 15) is 22.8 Å². The Bertz CT molecular complexity index is 1870. The number of benzene rings is 1. The summed E-state index contributed by atoms with van der Waals surface area (Å²) in [5.74, 6) is -0.114. The minimum Gasteiger partial charge on any atom is -0.363 e. The lowest BCUT2D eigenvalue weighted by atomic mass is 10.2. The van der Waals surface area contributed by atoms with Crippen molar-refractivity contribution >= 4 is 40.2 Å². The molecule has 218 valence electrons. The third-order valence-corrected chi connectivity index (χ3v) is 7.44. The van der Waals surface area contributed by atoms with Crippen LogP contribution in [0, 0.1) is 0 Å². The molecular formula is C27H25ClF3N9O2. The Hall–Kier alpha value is -4.43. The second-order valence-corrected chi connectivity index (χ2v) is 10.2. The first-order valence-electron chi connectivity index (χ1n) is 13.2. The van der Waals surface area contributed by atoms with Crippen LogP contribution in [0.4, 0.5) is 24.5 Å². The maximum absolute atomic E-state index is 13.9. The van der Waals surface area contributed by atoms with Gasteiger partial charge in [0.2, 0.25) is 11.7 Å². The van der Waals surface area contributed by atoms with Crippen LogP contribution in [0.3, 0.4) is 0 Å².